The highest BCUT2D eigenvalue weighted by Crippen LogP contribution is 2.38. The van der Waals surface area contributed by atoms with E-state index in [9.17, 15) is 9.13 Å². The van der Waals surface area contributed by atoms with Crippen molar-refractivity contribution < 1.29 is 32.7 Å². The van der Waals surface area contributed by atoms with Crippen LogP contribution in [0.5, 0.6) is 0 Å². The highest BCUT2D eigenvalue weighted by Gasteiger charge is 2.23. The lowest BCUT2D eigenvalue weighted by Crippen LogP contribution is -2.28. The van der Waals surface area contributed by atoms with Crippen LogP contribution in [0.2, 0.25) is 0 Å². The van der Waals surface area contributed by atoms with Crippen LogP contribution in [-0.2, 0) is 22.9 Å². The molecule has 0 aromatic carbocycles. The molecule has 2 unspecified atom stereocenters. The van der Waals surface area contributed by atoms with Crippen molar-refractivity contribution in [2.24, 2.45) is 0 Å². The van der Waals surface area contributed by atoms with Gasteiger partial charge in [0.15, 0.2) is 6.29 Å². The summed E-state index contributed by atoms with van der Waals surface area (Å²) in [7, 11) is -3.54. The number of hydrogen-bond donors (Lipinski definition) is 2. The Morgan fingerprint density at radius 1 is 0.867 bits per heavy atom. The Morgan fingerprint density at radius 3 is 1.90 bits per heavy atom. The van der Waals surface area contributed by atoms with E-state index in [1.807, 2.05) is 11.9 Å². The van der Waals surface area contributed by atoms with Crippen molar-refractivity contribution in [3.63, 3.8) is 0 Å². The number of phosphoric acid groups is 1. The van der Waals surface area contributed by atoms with E-state index in [2.05, 4.69) is 6.92 Å². The van der Waals surface area contributed by atoms with Crippen LogP contribution in [0.1, 0.15) is 90.4 Å². The van der Waals surface area contributed by atoms with Crippen LogP contribution in [0.25, 0.3) is 0 Å². The summed E-state index contributed by atoms with van der Waals surface area (Å²) in [6, 6.07) is 0. The first kappa shape index (κ1) is 30.1. The molecule has 0 fully saturated rings. The average molecular weight is 473 g/mol. The Hall–Kier alpha value is 0.0900. The van der Waals surface area contributed by atoms with E-state index in [4.69, 9.17) is 23.6 Å². The zero-order chi connectivity index (χ0) is 22.5. The second-order valence-corrected chi connectivity index (χ2v) is 9.46. The molecule has 0 aliphatic heterocycles. The zero-order valence-electron chi connectivity index (χ0n) is 18.9. The molecule has 0 rings (SSSR count). The quantitative estimate of drug-likeness (QED) is 0.115. The summed E-state index contributed by atoms with van der Waals surface area (Å²) in [4.78, 5) is 20.1. The van der Waals surface area contributed by atoms with Gasteiger partial charge >= 0.3 is 16.5 Å². The van der Waals surface area contributed by atoms with E-state index in [1.54, 1.807) is 0 Å². The minimum absolute atomic E-state index is 0.333. The van der Waals surface area contributed by atoms with Gasteiger partial charge in [-0.1, -0.05) is 77.6 Å². The third-order valence-electron chi connectivity index (χ3n) is 4.94. The zero-order valence-corrected chi connectivity index (χ0v) is 20.8. The third kappa shape index (κ3) is 22.8. The van der Waals surface area contributed by atoms with Gasteiger partial charge in [0.05, 0.1) is 0 Å². The maximum absolute atomic E-state index is 11.2. The van der Waals surface area contributed by atoms with Gasteiger partial charge in [0.25, 0.3) is 0 Å². The topological polar surface area (TPSA) is 106 Å². The average Bonchev–Trinajstić information content (AvgIpc) is 2.68. The fourth-order valence-corrected chi connectivity index (χ4v) is 3.81. The van der Waals surface area contributed by atoms with Gasteiger partial charge in [0.2, 0.25) is 0 Å². The van der Waals surface area contributed by atoms with Gasteiger partial charge in [-0.25, -0.2) is 4.57 Å². The van der Waals surface area contributed by atoms with Crippen LogP contribution >= 0.6 is 16.5 Å². The number of phosphoric ester groups is 1. The number of likely N-dealkylation sites (N-methyl/N-ethyl adjacent to an activating group) is 1. The molecular weight excluding hydrogens is 428 g/mol. The first-order valence-electron chi connectivity index (χ1n) is 11.4. The Kier molecular flexibility index (Phi) is 21.0. The summed E-state index contributed by atoms with van der Waals surface area (Å²) in [6.45, 7) is 4.09. The molecule has 10 heteroatoms. The van der Waals surface area contributed by atoms with Gasteiger partial charge < -0.3 is 19.4 Å². The smallest absolute Gasteiger partial charge is 0.352 e. The largest absolute Gasteiger partial charge is 0.494 e. The summed E-state index contributed by atoms with van der Waals surface area (Å²) in [5.74, 6) is 0. The summed E-state index contributed by atoms with van der Waals surface area (Å²) in [5.41, 5.74) is 0. The van der Waals surface area contributed by atoms with E-state index < -0.39 is 22.8 Å². The fourth-order valence-electron chi connectivity index (χ4n) is 3.16. The molecule has 2 atom stereocenters. The van der Waals surface area contributed by atoms with Crippen LogP contribution in [0.15, 0.2) is 0 Å². The van der Waals surface area contributed by atoms with Crippen molar-refractivity contribution in [1.29, 1.82) is 0 Å². The Bertz CT molecular complexity index is 437. The first-order chi connectivity index (χ1) is 14.4. The number of ether oxygens (including phenoxy) is 1. The minimum Gasteiger partial charge on any atom is -0.352 e. The Balaban J connectivity index is 3.77. The Morgan fingerprint density at radius 2 is 1.40 bits per heavy atom. The van der Waals surface area contributed by atoms with Crippen molar-refractivity contribution in [3.05, 3.63) is 0 Å². The van der Waals surface area contributed by atoms with Gasteiger partial charge in [-0.05, 0) is 18.0 Å². The third-order valence-corrected chi connectivity index (χ3v) is 5.77. The molecule has 0 aliphatic carbocycles. The second kappa shape index (κ2) is 21.0. The lowest BCUT2D eigenvalue weighted by atomic mass is 10.1. The number of rotatable bonds is 23. The molecule has 0 saturated carbocycles. The number of nitrogens with zero attached hydrogens (tertiary/aromatic N) is 1. The highest BCUT2D eigenvalue weighted by molar-refractivity contribution is 7.46. The lowest BCUT2D eigenvalue weighted by molar-refractivity contribution is -0.0998. The van der Waals surface area contributed by atoms with E-state index in [0.717, 1.165) is 19.3 Å². The van der Waals surface area contributed by atoms with E-state index in [1.165, 1.54) is 57.8 Å². The maximum atomic E-state index is 11.2. The lowest BCUT2D eigenvalue weighted by Gasteiger charge is -2.22. The van der Waals surface area contributed by atoms with Crippen LogP contribution in [0.4, 0.5) is 0 Å². The molecule has 0 amide bonds. The van der Waals surface area contributed by atoms with Gasteiger partial charge in [0.1, 0.15) is 6.61 Å². The normalized spacial score (nSPS) is 13.4. The molecule has 0 bridgehead atoms. The van der Waals surface area contributed by atoms with E-state index >= 15 is 0 Å². The maximum Gasteiger partial charge on any atom is 0.494 e. The molecular formula is C20H44NO7P2+. The van der Waals surface area contributed by atoms with E-state index in [-0.39, 0.29) is 0 Å². The van der Waals surface area contributed by atoms with Crippen LogP contribution in [-0.4, -0.2) is 54.3 Å². The Labute approximate surface area is 184 Å². The first-order valence-corrected chi connectivity index (χ1v) is 13.8. The molecule has 0 saturated heterocycles. The molecule has 0 spiro atoms. The summed E-state index contributed by atoms with van der Waals surface area (Å²) < 4.78 is 36.6. The predicted molar refractivity (Wildman–Crippen MR) is 121 cm³/mol. The van der Waals surface area contributed by atoms with Crippen molar-refractivity contribution >= 4 is 16.5 Å². The van der Waals surface area contributed by atoms with Crippen LogP contribution < -0.4 is 0 Å². The van der Waals surface area contributed by atoms with Crippen LogP contribution in [0.3, 0.4) is 0 Å². The second-order valence-electron chi connectivity index (χ2n) is 7.81. The predicted octanol–water partition coefficient (Wildman–Crippen LogP) is 5.42. The molecule has 0 aromatic rings. The fraction of sp³-hybridized carbons (Fsp3) is 1.00. The molecule has 0 aliphatic rings. The summed E-state index contributed by atoms with van der Waals surface area (Å²) in [6.07, 6.45) is 14.4. The van der Waals surface area contributed by atoms with Crippen molar-refractivity contribution in [2.45, 2.75) is 96.7 Å². The molecule has 8 nitrogen and oxygen atoms in total. The van der Waals surface area contributed by atoms with Gasteiger partial charge in [-0.2, -0.15) is 0 Å². The molecule has 0 aromatic heterocycles. The monoisotopic (exact) mass is 472 g/mol. The van der Waals surface area contributed by atoms with Crippen molar-refractivity contribution in [3.8, 4) is 0 Å². The standard InChI is InChI=1S/C20H43NO7P2/c1-3-4-5-6-7-8-9-10-11-12-13-14-18-26-20(28-30(23,24)25)15-16-21(2)17-19-27-29-22/h20,29H,3-19H2,1-2H3,(H-,23,24,25)/p+1. The number of unbranched alkanes of at least 4 members (excludes halogenated alkanes) is 11. The summed E-state index contributed by atoms with van der Waals surface area (Å²) >= 11 is 0. The highest BCUT2D eigenvalue weighted by atomic mass is 31.2. The number of hydrogen-bond acceptors (Lipinski definition) is 6. The molecule has 30 heavy (non-hydrogen) atoms. The van der Waals surface area contributed by atoms with E-state index in [0.29, 0.717) is 32.7 Å². The van der Waals surface area contributed by atoms with Crippen LogP contribution in [0, 0.1) is 0 Å². The molecule has 2 N–H and O–H groups in total. The van der Waals surface area contributed by atoms with Gasteiger partial charge in [-0.3, -0.25) is 4.52 Å². The van der Waals surface area contributed by atoms with Crippen molar-refractivity contribution in [1.82, 2.24) is 4.90 Å². The van der Waals surface area contributed by atoms with Crippen molar-refractivity contribution in [2.75, 3.05) is 33.4 Å². The summed E-state index contributed by atoms with van der Waals surface area (Å²) in [5, 5.41) is 0. The van der Waals surface area contributed by atoms with Gasteiger partial charge in [0, 0.05) is 26.1 Å². The van der Waals surface area contributed by atoms with Gasteiger partial charge in [-0.15, -0.1) is 4.52 Å². The minimum atomic E-state index is -4.60. The SMILES string of the molecule is CCCCCCCCCCCCCCOC(CCN(C)CCO[PH+]=O)OP(=O)(O)O. The molecule has 0 radical (unpaired) electrons. The molecule has 180 valence electrons. The molecule has 0 heterocycles.